The highest BCUT2D eigenvalue weighted by molar-refractivity contribution is 7.99. The number of hydrogen-bond acceptors (Lipinski definition) is 8. The molecule has 0 aromatic carbocycles. The number of allylic oxidation sites excluding steroid dienone is 1. The summed E-state index contributed by atoms with van der Waals surface area (Å²) in [6, 6.07) is 10.6. The number of aliphatic carboxylic acids is 1. The molecule has 0 fully saturated rings. The Morgan fingerprint density at radius 2 is 1.72 bits per heavy atom. The first-order valence-corrected chi connectivity index (χ1v) is 10.2. The standard InChI is InChI=1S/C13H14N4OS.C8H7NO3.ClH/c1-2-3-8-19-13-15-12(18)11(16-17-13)9-10-6-4-5-7-14-10;10-7(8(11)12)5-6-3-1-2-4-9-6;/h2-7H,8-9H2,1H3,(H,15,17,18);1-4H,5H2,(H,11,12);1H/b3-2+;;. The third kappa shape index (κ3) is 9.63. The van der Waals surface area contributed by atoms with E-state index in [1.165, 1.54) is 18.0 Å². The van der Waals surface area contributed by atoms with Crippen molar-refractivity contribution in [1.29, 1.82) is 0 Å². The largest absolute Gasteiger partial charge is 0.475 e. The van der Waals surface area contributed by atoms with Gasteiger partial charge in [-0.3, -0.25) is 24.5 Å². The Morgan fingerprint density at radius 1 is 1.06 bits per heavy atom. The van der Waals surface area contributed by atoms with Crippen molar-refractivity contribution in [2.24, 2.45) is 0 Å². The lowest BCUT2D eigenvalue weighted by Gasteiger charge is -2.00. The lowest BCUT2D eigenvalue weighted by atomic mass is 10.2. The van der Waals surface area contributed by atoms with Crippen molar-refractivity contribution in [1.82, 2.24) is 25.1 Å². The second kappa shape index (κ2) is 14.6. The van der Waals surface area contributed by atoms with Gasteiger partial charge in [0.2, 0.25) is 5.78 Å². The van der Waals surface area contributed by atoms with Crippen LogP contribution in [0.1, 0.15) is 24.0 Å². The highest BCUT2D eigenvalue weighted by Crippen LogP contribution is 2.09. The van der Waals surface area contributed by atoms with E-state index in [4.69, 9.17) is 5.11 Å². The number of hydrogen-bond donors (Lipinski definition) is 2. The third-order valence-corrected chi connectivity index (χ3v) is 4.49. The molecule has 0 radical (unpaired) electrons. The summed E-state index contributed by atoms with van der Waals surface area (Å²) in [7, 11) is 0. The van der Waals surface area contributed by atoms with Crippen LogP contribution >= 0.6 is 24.2 Å². The summed E-state index contributed by atoms with van der Waals surface area (Å²) in [4.78, 5) is 43.4. The predicted octanol–water partition coefficient (Wildman–Crippen LogP) is 2.52. The first-order chi connectivity index (χ1) is 15.0. The molecule has 3 rings (SSSR count). The molecule has 32 heavy (non-hydrogen) atoms. The second-order valence-corrected chi connectivity index (χ2v) is 7.02. The molecule has 0 spiro atoms. The van der Waals surface area contributed by atoms with Gasteiger partial charge in [-0.1, -0.05) is 36.0 Å². The number of halogens is 1. The maximum absolute atomic E-state index is 11.9. The number of carboxylic acid groups (broad SMARTS) is 1. The molecule has 3 heterocycles. The van der Waals surface area contributed by atoms with E-state index >= 15 is 0 Å². The third-order valence-electron chi connectivity index (χ3n) is 3.68. The second-order valence-electron chi connectivity index (χ2n) is 6.01. The molecule has 11 heteroatoms. The lowest BCUT2D eigenvalue weighted by Crippen LogP contribution is -2.18. The number of carbonyl (C=O) groups excluding carboxylic acids is 1. The van der Waals surface area contributed by atoms with Crippen molar-refractivity contribution < 1.29 is 14.7 Å². The molecular weight excluding hydrogens is 454 g/mol. The van der Waals surface area contributed by atoms with Crippen LogP contribution in [-0.4, -0.2) is 47.8 Å². The molecule has 168 valence electrons. The number of aromatic nitrogens is 5. The Balaban J connectivity index is 0.000000342. The minimum atomic E-state index is -1.42. The number of carbonyl (C=O) groups is 2. The SMILES string of the molecule is C/C=C/CSc1nnc(Cc2ccccn2)c(=O)[nH]1.Cl.O=C(O)C(=O)Cc1ccccn1. The summed E-state index contributed by atoms with van der Waals surface area (Å²) < 4.78 is 0. The molecule has 0 atom stereocenters. The molecule has 9 nitrogen and oxygen atoms in total. The monoisotopic (exact) mass is 475 g/mol. The molecule has 0 saturated carbocycles. The van der Waals surface area contributed by atoms with E-state index in [-0.39, 0.29) is 24.4 Å². The Labute approximate surface area is 194 Å². The first-order valence-electron chi connectivity index (χ1n) is 9.25. The Bertz CT molecular complexity index is 1080. The zero-order chi connectivity index (χ0) is 22.5. The van der Waals surface area contributed by atoms with Gasteiger partial charge in [-0.05, 0) is 31.2 Å². The highest BCUT2D eigenvalue weighted by Gasteiger charge is 2.12. The summed E-state index contributed by atoms with van der Waals surface area (Å²) in [5.41, 5.74) is 1.46. The fourth-order valence-electron chi connectivity index (χ4n) is 2.17. The summed E-state index contributed by atoms with van der Waals surface area (Å²) in [5.74, 6) is -1.49. The quantitative estimate of drug-likeness (QED) is 0.285. The number of thioether (sulfide) groups is 1. The van der Waals surface area contributed by atoms with Crippen molar-refractivity contribution in [2.75, 3.05) is 5.75 Å². The van der Waals surface area contributed by atoms with Crippen LogP contribution in [-0.2, 0) is 22.4 Å². The van der Waals surface area contributed by atoms with E-state index in [1.807, 2.05) is 37.3 Å². The van der Waals surface area contributed by atoms with Crippen LogP contribution < -0.4 is 5.56 Å². The Kier molecular flexibility index (Phi) is 12.2. The van der Waals surface area contributed by atoms with Gasteiger partial charge in [-0.2, -0.15) is 0 Å². The molecule has 0 aliphatic rings. The predicted molar refractivity (Wildman–Crippen MR) is 123 cm³/mol. The van der Waals surface area contributed by atoms with Gasteiger partial charge in [0.25, 0.3) is 5.56 Å². The molecule has 0 aliphatic carbocycles. The summed E-state index contributed by atoms with van der Waals surface area (Å²) in [5, 5.41) is 16.8. The van der Waals surface area contributed by atoms with E-state index in [0.29, 0.717) is 23.0 Å². The fourth-order valence-corrected chi connectivity index (χ4v) is 2.88. The van der Waals surface area contributed by atoms with Crippen molar-refractivity contribution in [3.05, 3.63) is 88.4 Å². The molecule has 0 saturated heterocycles. The Morgan fingerprint density at radius 3 is 2.25 bits per heavy atom. The van der Waals surface area contributed by atoms with Gasteiger partial charge in [-0.25, -0.2) is 4.79 Å². The summed E-state index contributed by atoms with van der Waals surface area (Å²) in [6.07, 6.45) is 7.41. The molecule has 3 aromatic heterocycles. The van der Waals surface area contributed by atoms with E-state index in [9.17, 15) is 14.4 Å². The number of nitrogens with zero attached hydrogens (tertiary/aromatic N) is 4. The molecule has 3 aromatic rings. The lowest BCUT2D eigenvalue weighted by molar-refractivity contribution is -0.148. The van der Waals surface area contributed by atoms with E-state index in [0.717, 1.165) is 11.4 Å². The van der Waals surface area contributed by atoms with Gasteiger partial charge in [0.15, 0.2) is 5.16 Å². The van der Waals surface area contributed by atoms with Crippen molar-refractivity contribution >= 4 is 35.9 Å². The van der Waals surface area contributed by atoms with Crippen molar-refractivity contribution in [3.63, 3.8) is 0 Å². The number of rotatable bonds is 8. The minimum Gasteiger partial charge on any atom is -0.475 e. The molecule has 2 N–H and O–H groups in total. The number of pyridine rings is 2. The maximum Gasteiger partial charge on any atom is 0.372 e. The summed E-state index contributed by atoms with van der Waals surface area (Å²) in [6.45, 7) is 1.95. The van der Waals surface area contributed by atoms with Crippen LogP contribution in [0.2, 0.25) is 0 Å². The van der Waals surface area contributed by atoms with Crippen molar-refractivity contribution in [3.8, 4) is 0 Å². The van der Waals surface area contributed by atoms with Gasteiger partial charge >= 0.3 is 5.97 Å². The minimum absolute atomic E-state index is 0. The summed E-state index contributed by atoms with van der Waals surface area (Å²) >= 11 is 1.44. The van der Waals surface area contributed by atoms with Crippen molar-refractivity contribution in [2.45, 2.75) is 24.9 Å². The molecule has 0 bridgehead atoms. The number of carboxylic acids is 1. The number of ketones is 1. The molecule has 0 amide bonds. The zero-order valence-electron chi connectivity index (χ0n) is 17.2. The molecule has 0 aliphatic heterocycles. The fraction of sp³-hybridized carbons (Fsp3) is 0.190. The van der Waals surface area contributed by atoms with E-state index in [1.54, 1.807) is 24.4 Å². The van der Waals surface area contributed by atoms with Crippen LogP contribution in [0.15, 0.2) is 70.9 Å². The smallest absolute Gasteiger partial charge is 0.372 e. The van der Waals surface area contributed by atoms with Gasteiger partial charge in [0.1, 0.15) is 5.69 Å². The molecule has 0 unspecified atom stereocenters. The maximum atomic E-state index is 11.9. The number of Topliss-reactive ketones (excluding diaryl/α,β-unsaturated/α-hetero) is 1. The van der Waals surface area contributed by atoms with E-state index < -0.39 is 11.8 Å². The molecular formula is C21H22ClN5O4S. The first kappa shape index (κ1) is 26.7. The van der Waals surface area contributed by atoms with Gasteiger partial charge < -0.3 is 5.11 Å². The van der Waals surface area contributed by atoms with Gasteiger partial charge in [0, 0.05) is 36.0 Å². The van der Waals surface area contributed by atoms with Gasteiger partial charge in [-0.15, -0.1) is 22.6 Å². The van der Waals surface area contributed by atoms with Crippen LogP contribution in [0.3, 0.4) is 0 Å². The number of aromatic amines is 1. The highest BCUT2D eigenvalue weighted by atomic mass is 35.5. The number of nitrogens with one attached hydrogen (secondary N) is 1. The van der Waals surface area contributed by atoms with E-state index in [2.05, 4.69) is 25.1 Å². The van der Waals surface area contributed by atoms with Crippen LogP contribution in [0.5, 0.6) is 0 Å². The normalized spacial score (nSPS) is 10.0. The average Bonchev–Trinajstić information content (AvgIpc) is 2.77. The zero-order valence-corrected chi connectivity index (χ0v) is 18.8. The van der Waals surface area contributed by atoms with Crippen LogP contribution in [0, 0.1) is 0 Å². The van der Waals surface area contributed by atoms with Gasteiger partial charge in [0.05, 0.1) is 6.42 Å². The van der Waals surface area contributed by atoms with Crippen LogP contribution in [0.25, 0.3) is 0 Å². The topological polar surface area (TPSA) is 139 Å². The number of H-pyrrole nitrogens is 1. The van der Waals surface area contributed by atoms with Crippen LogP contribution in [0.4, 0.5) is 0 Å². The average molecular weight is 476 g/mol. The Hall–Kier alpha value is -3.37.